The van der Waals surface area contributed by atoms with Gasteiger partial charge in [-0.3, -0.25) is 9.89 Å². The SMILES string of the molecule is OC1(c2ccc(CN3CCCCC3)cc2)Cc2ccccc2C2=NCCN21. The number of benzene rings is 2. The molecule has 0 radical (unpaired) electrons. The summed E-state index contributed by atoms with van der Waals surface area (Å²) >= 11 is 0. The van der Waals surface area contributed by atoms with Gasteiger partial charge in [-0.15, -0.1) is 0 Å². The maximum absolute atomic E-state index is 11.7. The van der Waals surface area contributed by atoms with Gasteiger partial charge < -0.3 is 10.0 Å². The largest absolute Gasteiger partial charge is 0.366 e. The number of hydrogen-bond donors (Lipinski definition) is 1. The van der Waals surface area contributed by atoms with Gasteiger partial charge in [-0.25, -0.2) is 0 Å². The van der Waals surface area contributed by atoms with Crippen molar-refractivity contribution in [1.29, 1.82) is 0 Å². The second kappa shape index (κ2) is 6.77. The molecule has 0 amide bonds. The summed E-state index contributed by atoms with van der Waals surface area (Å²) in [6.45, 7) is 4.94. The van der Waals surface area contributed by atoms with Gasteiger partial charge in [0.1, 0.15) is 5.84 Å². The predicted octanol–water partition coefficient (Wildman–Crippen LogP) is 3.14. The molecule has 1 fully saturated rings. The molecule has 5 rings (SSSR count). The first kappa shape index (κ1) is 17.0. The first-order chi connectivity index (χ1) is 13.2. The zero-order valence-corrected chi connectivity index (χ0v) is 15.8. The molecule has 0 spiro atoms. The van der Waals surface area contributed by atoms with E-state index in [9.17, 15) is 5.11 Å². The minimum absolute atomic E-state index is 0.605. The number of piperidine rings is 1. The van der Waals surface area contributed by atoms with Crippen LogP contribution < -0.4 is 0 Å². The lowest BCUT2D eigenvalue weighted by Crippen LogP contribution is -2.53. The molecule has 140 valence electrons. The number of rotatable bonds is 3. The smallest absolute Gasteiger partial charge is 0.169 e. The Hall–Kier alpha value is -2.17. The van der Waals surface area contributed by atoms with E-state index in [2.05, 4.69) is 52.3 Å². The topological polar surface area (TPSA) is 39.1 Å². The summed E-state index contributed by atoms with van der Waals surface area (Å²) in [5, 5.41) is 11.7. The number of aliphatic hydroxyl groups is 1. The monoisotopic (exact) mass is 361 g/mol. The molecule has 3 aliphatic rings. The van der Waals surface area contributed by atoms with Gasteiger partial charge in [-0.2, -0.15) is 0 Å². The summed E-state index contributed by atoms with van der Waals surface area (Å²) in [7, 11) is 0. The van der Waals surface area contributed by atoms with Gasteiger partial charge in [0.15, 0.2) is 5.72 Å². The molecule has 4 nitrogen and oxygen atoms in total. The molecule has 27 heavy (non-hydrogen) atoms. The van der Waals surface area contributed by atoms with Crippen molar-refractivity contribution in [1.82, 2.24) is 9.80 Å². The van der Waals surface area contributed by atoms with E-state index in [0.717, 1.165) is 31.0 Å². The number of likely N-dealkylation sites (tertiary alicyclic amines) is 1. The van der Waals surface area contributed by atoms with E-state index in [-0.39, 0.29) is 0 Å². The van der Waals surface area contributed by atoms with Crippen LogP contribution in [0.4, 0.5) is 0 Å². The molecule has 1 atom stereocenters. The first-order valence-corrected chi connectivity index (χ1v) is 10.2. The van der Waals surface area contributed by atoms with E-state index < -0.39 is 5.72 Å². The Morgan fingerprint density at radius 3 is 2.52 bits per heavy atom. The fourth-order valence-corrected chi connectivity index (χ4v) is 4.80. The molecule has 0 aliphatic carbocycles. The average molecular weight is 361 g/mol. The molecule has 0 bridgehead atoms. The van der Waals surface area contributed by atoms with Crippen molar-refractivity contribution in [3.8, 4) is 0 Å². The summed E-state index contributed by atoms with van der Waals surface area (Å²) in [5.74, 6) is 0.941. The van der Waals surface area contributed by atoms with Crippen molar-refractivity contribution >= 4 is 5.84 Å². The average Bonchev–Trinajstić information content (AvgIpc) is 3.21. The fourth-order valence-electron chi connectivity index (χ4n) is 4.80. The Balaban J connectivity index is 1.43. The zero-order chi connectivity index (χ0) is 18.3. The number of aliphatic imine (C=N–C) groups is 1. The molecule has 0 aromatic heterocycles. The quantitative estimate of drug-likeness (QED) is 0.913. The highest BCUT2D eigenvalue weighted by atomic mass is 16.3. The van der Waals surface area contributed by atoms with Crippen molar-refractivity contribution < 1.29 is 5.11 Å². The molecule has 0 saturated carbocycles. The third-order valence-corrected chi connectivity index (χ3v) is 6.25. The summed E-state index contributed by atoms with van der Waals surface area (Å²) < 4.78 is 0. The van der Waals surface area contributed by atoms with E-state index in [1.54, 1.807) is 0 Å². The number of amidine groups is 1. The van der Waals surface area contributed by atoms with Crippen LogP contribution in [0.1, 0.15) is 41.5 Å². The van der Waals surface area contributed by atoms with Gasteiger partial charge >= 0.3 is 0 Å². The minimum atomic E-state index is -1.01. The number of hydrogen-bond acceptors (Lipinski definition) is 4. The van der Waals surface area contributed by atoms with Crippen LogP contribution >= 0.6 is 0 Å². The summed E-state index contributed by atoms with van der Waals surface area (Å²) in [6, 6.07) is 16.9. The standard InChI is InChI=1S/C23H27N3O/c27-23(16-19-6-2-3-7-21(19)22-24-12-15-26(22)23)20-10-8-18(9-11-20)17-25-13-4-1-5-14-25/h2-3,6-11,27H,1,4-5,12-17H2. The molecule has 1 unspecified atom stereocenters. The zero-order valence-electron chi connectivity index (χ0n) is 15.8. The van der Waals surface area contributed by atoms with Crippen LogP contribution in [0, 0.1) is 0 Å². The lowest BCUT2D eigenvalue weighted by atomic mass is 9.86. The Morgan fingerprint density at radius 2 is 1.70 bits per heavy atom. The van der Waals surface area contributed by atoms with Gasteiger partial charge in [0.25, 0.3) is 0 Å². The second-order valence-corrected chi connectivity index (χ2v) is 8.04. The van der Waals surface area contributed by atoms with Crippen molar-refractivity contribution in [2.75, 3.05) is 26.2 Å². The lowest BCUT2D eigenvalue weighted by Gasteiger charge is -2.43. The van der Waals surface area contributed by atoms with Crippen LogP contribution in [0.25, 0.3) is 0 Å². The number of nitrogens with zero attached hydrogens (tertiary/aromatic N) is 3. The maximum atomic E-state index is 11.7. The highest BCUT2D eigenvalue weighted by molar-refractivity contribution is 6.02. The fraction of sp³-hybridized carbons (Fsp3) is 0.435. The third-order valence-electron chi connectivity index (χ3n) is 6.25. The summed E-state index contributed by atoms with van der Waals surface area (Å²) in [5.41, 5.74) is 3.63. The van der Waals surface area contributed by atoms with E-state index in [4.69, 9.17) is 4.99 Å². The van der Waals surface area contributed by atoms with Crippen LogP contribution in [0.2, 0.25) is 0 Å². The summed E-state index contributed by atoms with van der Waals surface area (Å²) in [4.78, 5) is 9.32. The van der Waals surface area contributed by atoms with Crippen LogP contribution in [-0.2, 0) is 18.7 Å². The highest BCUT2D eigenvalue weighted by Gasteiger charge is 2.44. The first-order valence-electron chi connectivity index (χ1n) is 10.2. The van der Waals surface area contributed by atoms with Crippen LogP contribution in [0.15, 0.2) is 53.5 Å². The Morgan fingerprint density at radius 1 is 0.926 bits per heavy atom. The normalized spacial score (nSPS) is 25.1. The van der Waals surface area contributed by atoms with Crippen molar-refractivity contribution in [3.05, 3.63) is 70.8 Å². The van der Waals surface area contributed by atoms with Crippen molar-refractivity contribution in [3.63, 3.8) is 0 Å². The molecule has 1 saturated heterocycles. The molecular weight excluding hydrogens is 334 g/mol. The van der Waals surface area contributed by atoms with Gasteiger partial charge in [0.05, 0.1) is 6.54 Å². The maximum Gasteiger partial charge on any atom is 0.169 e. The molecule has 3 aliphatic heterocycles. The van der Waals surface area contributed by atoms with Gasteiger partial charge in [-0.1, -0.05) is 55.0 Å². The molecular formula is C23H27N3O. The van der Waals surface area contributed by atoms with E-state index in [0.29, 0.717) is 6.42 Å². The van der Waals surface area contributed by atoms with E-state index in [1.807, 2.05) is 6.07 Å². The predicted molar refractivity (Wildman–Crippen MR) is 108 cm³/mol. The second-order valence-electron chi connectivity index (χ2n) is 8.04. The Bertz CT molecular complexity index is 854. The van der Waals surface area contributed by atoms with Crippen molar-refractivity contribution in [2.45, 2.75) is 38.0 Å². The van der Waals surface area contributed by atoms with Crippen LogP contribution in [0.5, 0.6) is 0 Å². The summed E-state index contributed by atoms with van der Waals surface area (Å²) in [6.07, 6.45) is 4.60. The molecule has 1 N–H and O–H groups in total. The van der Waals surface area contributed by atoms with Crippen LogP contribution in [0.3, 0.4) is 0 Å². The Kier molecular flexibility index (Phi) is 4.25. The van der Waals surface area contributed by atoms with Gasteiger partial charge in [-0.05, 0) is 37.1 Å². The molecule has 2 aromatic carbocycles. The lowest BCUT2D eigenvalue weighted by molar-refractivity contribution is -0.0745. The van der Waals surface area contributed by atoms with Crippen LogP contribution in [-0.4, -0.2) is 46.9 Å². The minimum Gasteiger partial charge on any atom is -0.366 e. The molecule has 2 aromatic rings. The van der Waals surface area contributed by atoms with Gasteiger partial charge in [0, 0.05) is 30.6 Å². The van der Waals surface area contributed by atoms with Gasteiger partial charge in [0.2, 0.25) is 0 Å². The Labute approximate surface area is 161 Å². The third kappa shape index (κ3) is 2.97. The molecule has 4 heteroatoms. The number of fused-ring (bicyclic) bond motifs is 3. The van der Waals surface area contributed by atoms with E-state index in [1.165, 1.54) is 49.0 Å². The van der Waals surface area contributed by atoms with E-state index >= 15 is 0 Å². The van der Waals surface area contributed by atoms with Crippen molar-refractivity contribution in [2.24, 2.45) is 4.99 Å². The highest BCUT2D eigenvalue weighted by Crippen LogP contribution is 2.38. The molecule has 3 heterocycles.